The van der Waals surface area contributed by atoms with E-state index < -0.39 is 0 Å². The van der Waals surface area contributed by atoms with Gasteiger partial charge < -0.3 is 0 Å². The summed E-state index contributed by atoms with van der Waals surface area (Å²) in [5.74, 6) is 0. The van der Waals surface area contributed by atoms with Gasteiger partial charge in [0, 0.05) is 150 Å². The second-order valence-electron chi connectivity index (χ2n) is 29.3. The van der Waals surface area contributed by atoms with Crippen LogP contribution in [0.15, 0.2) is 269 Å². The zero-order valence-electron chi connectivity index (χ0n) is 65.2. The van der Waals surface area contributed by atoms with E-state index in [4.69, 9.17) is 6.57 Å². The second-order valence-corrected chi connectivity index (χ2v) is 29.3. The first-order valence-electron chi connectivity index (χ1n) is 36.7. The van der Waals surface area contributed by atoms with Crippen LogP contribution >= 0.6 is 0 Å². The minimum atomic E-state index is 0.0435. The molecule has 16 rings (SSSR count). The van der Waals surface area contributed by atoms with Crippen LogP contribution in [0.4, 0.5) is 5.69 Å². The van der Waals surface area contributed by atoms with Crippen LogP contribution in [0.3, 0.4) is 0 Å². The Balaban J connectivity index is 0.000000127. The summed E-state index contributed by atoms with van der Waals surface area (Å²) in [4.78, 5) is 21.7. The van der Waals surface area contributed by atoms with E-state index in [-0.39, 0.29) is 5.41 Å². The highest BCUT2D eigenvalue weighted by Gasteiger charge is 2.30. The van der Waals surface area contributed by atoms with Crippen LogP contribution in [0.25, 0.3) is 116 Å². The van der Waals surface area contributed by atoms with Crippen LogP contribution in [0.5, 0.6) is 0 Å². The molecule has 0 aliphatic rings. The normalized spacial score (nSPS) is 11.2. The van der Waals surface area contributed by atoms with E-state index >= 15 is 0 Å². The fourth-order valence-electron chi connectivity index (χ4n) is 15.1. The molecule has 0 bridgehead atoms. The molecule has 0 aliphatic heterocycles. The Kier molecular flexibility index (Phi) is 21.2. The number of hydrogen-bond acceptors (Lipinski definition) is 4. The highest BCUT2D eigenvalue weighted by Crippen LogP contribution is 2.37. The summed E-state index contributed by atoms with van der Waals surface area (Å²) in [6, 6.07) is 73.9. The van der Waals surface area contributed by atoms with Gasteiger partial charge in [-0.15, -0.1) is 0 Å². The molecule has 0 spiro atoms. The molecule has 0 radical (unpaired) electrons. The molecule has 13 heteroatoms. The molecule has 8 heterocycles. The quantitative estimate of drug-likeness (QED) is 0.112. The molecular weight excluding hydrogens is 1320 g/mol. The summed E-state index contributed by atoms with van der Waals surface area (Å²) in [5, 5.41) is 5.94. The monoisotopic (exact) mass is 1420 g/mol. The van der Waals surface area contributed by atoms with Crippen molar-refractivity contribution >= 4 is 49.2 Å². The Bertz CT molecular complexity index is 6200. The summed E-state index contributed by atoms with van der Waals surface area (Å²) in [6.07, 6.45) is 17.9. The smallest absolute Gasteiger partial charge is 0.238 e. The first-order chi connectivity index (χ1) is 52.0. The molecule has 0 saturated carbocycles. The summed E-state index contributed by atoms with van der Waals surface area (Å²) in [7, 11) is 8.19. The van der Waals surface area contributed by atoms with Gasteiger partial charge in [0.1, 0.15) is 29.0 Å². The predicted molar refractivity (Wildman–Crippen MR) is 432 cm³/mol. The van der Waals surface area contributed by atoms with Crippen molar-refractivity contribution in [1.82, 2.24) is 19.9 Å². The maximum Gasteiger partial charge on any atom is 0.287 e. The zero-order chi connectivity index (χ0) is 76.2. The van der Waals surface area contributed by atoms with Crippen molar-refractivity contribution in [2.75, 3.05) is 0 Å². The minimum Gasteiger partial charge on any atom is -0.238 e. The Hall–Kier alpha value is -12.8. The molecule has 8 aromatic carbocycles. The van der Waals surface area contributed by atoms with Gasteiger partial charge in [0.2, 0.25) is 22.7 Å². The van der Waals surface area contributed by atoms with Gasteiger partial charge in [0.15, 0.2) is 69.8 Å². The van der Waals surface area contributed by atoms with Gasteiger partial charge >= 0.3 is 0 Å². The molecular formula is C95H95N13+8. The van der Waals surface area contributed by atoms with Gasteiger partial charge in [-0.1, -0.05) is 105 Å². The van der Waals surface area contributed by atoms with E-state index in [1.165, 1.54) is 123 Å². The Morgan fingerprint density at radius 2 is 0.815 bits per heavy atom. The first kappa shape index (κ1) is 73.5. The van der Waals surface area contributed by atoms with E-state index in [0.29, 0.717) is 5.69 Å². The fraction of sp³-hybridized carbons (Fsp3) is 0.189. The van der Waals surface area contributed by atoms with Crippen LogP contribution in [-0.4, -0.2) is 19.9 Å². The lowest BCUT2D eigenvalue weighted by atomic mass is 9.83. The summed E-state index contributed by atoms with van der Waals surface area (Å²) in [5.41, 5.74) is 31.5. The number of hydrogen-bond donors (Lipinski definition) is 0. The van der Waals surface area contributed by atoms with Crippen LogP contribution in [0.2, 0.25) is 0 Å². The Morgan fingerprint density at radius 1 is 0.361 bits per heavy atom. The van der Waals surface area contributed by atoms with Crippen LogP contribution in [0, 0.1) is 75.8 Å². The maximum absolute atomic E-state index is 7.60. The Morgan fingerprint density at radius 3 is 1.31 bits per heavy atom. The highest BCUT2D eigenvalue weighted by molar-refractivity contribution is 5.94. The number of fused-ring (bicyclic) bond motifs is 4. The third-order valence-electron chi connectivity index (χ3n) is 20.8. The van der Waals surface area contributed by atoms with E-state index in [1.54, 1.807) is 0 Å². The third kappa shape index (κ3) is 14.7. The van der Waals surface area contributed by atoms with Crippen LogP contribution in [0.1, 0.15) is 82.5 Å². The van der Waals surface area contributed by atoms with E-state index in [1.807, 2.05) is 104 Å². The van der Waals surface area contributed by atoms with Crippen LogP contribution < -0.4 is 36.5 Å². The minimum absolute atomic E-state index is 0.0435. The molecule has 0 N–H and O–H groups in total. The van der Waals surface area contributed by atoms with Crippen LogP contribution in [-0.2, 0) is 33.6 Å². The van der Waals surface area contributed by atoms with Gasteiger partial charge in [-0.25, -0.2) is 23.1 Å². The van der Waals surface area contributed by atoms with Crippen molar-refractivity contribution in [2.45, 2.75) is 95.4 Å². The molecule has 0 saturated heterocycles. The van der Waals surface area contributed by atoms with Gasteiger partial charge in [0.05, 0.1) is 50.9 Å². The average Bonchev–Trinajstić information content (AvgIpc) is 0.765. The SMILES string of the molecule is Cc1c(-c2c3ccccc3nc[n+]2C)cc(C(C)(C)C)cc1-[n+]1ccccc1C.Cc1c(-c2c3ccccc3nc[n+]2C)cccc1-[n+]1ccccc1C.Cc1cc(C)c(-[n+]2cc3ccccc3cc2C)c(C)c1-c1ccnc[n+]1C.[C-]#[N+]c1cc(-c2c3ccccc3nc[n+]2C)c(C)c(-[n+]2ccccc2C)c1. The van der Waals surface area contributed by atoms with Crippen molar-refractivity contribution in [1.29, 1.82) is 0 Å². The molecule has 532 valence electrons. The molecule has 108 heavy (non-hydrogen) atoms. The Labute approximate surface area is 635 Å². The molecule has 0 atom stereocenters. The summed E-state index contributed by atoms with van der Waals surface area (Å²) in [6.45, 7) is 36.1. The van der Waals surface area contributed by atoms with Crippen molar-refractivity contribution < 1.29 is 36.5 Å². The van der Waals surface area contributed by atoms with Gasteiger partial charge in [-0.3, -0.25) is 0 Å². The van der Waals surface area contributed by atoms with Crippen molar-refractivity contribution in [2.24, 2.45) is 28.2 Å². The lowest BCUT2D eigenvalue weighted by Crippen LogP contribution is -2.37. The maximum atomic E-state index is 7.60. The highest BCUT2D eigenvalue weighted by atomic mass is 15.0. The zero-order valence-corrected chi connectivity index (χ0v) is 65.2. The average molecular weight is 1420 g/mol. The standard InChI is InChI=1S/C26H29N3.C24H25N3.C23H20N4.C22H21N3/c1-18-11-9-10-14-29(18)24-16-20(26(3,4)5)15-22(19(24)2)25-21-12-7-8-13-23(21)27-17-28(25)6;1-16-12-17(2)24(19(4)23(16)22-10-11-25-15-26(22)5)27-14-21-9-7-6-8-20(21)13-18(27)3;1-16-9-7-8-12-27(16)22-14-18(24-3)13-20(17(22)2)23-19-10-5-6-11-21(19)25-15-26(23)4;1-16-9-6-7-14-25(16)21-13-8-11-18(17(21)2)22-19-10-4-5-12-20(19)23-15-24(22)3/h7-17H,1-6H3;6-15H,1-5H3;5-15H,1-2,4H3;4-15H,1-3H3/q4*+2. The predicted octanol–water partition coefficient (Wildman–Crippen LogP) is 16.9. The van der Waals surface area contributed by atoms with Gasteiger partial charge in [-0.2, -0.15) is 18.3 Å². The number of benzene rings is 8. The number of aromatic nitrogens is 12. The van der Waals surface area contributed by atoms with Crippen molar-refractivity contribution in [3.05, 3.63) is 342 Å². The summed E-state index contributed by atoms with van der Waals surface area (Å²) >= 11 is 0. The summed E-state index contributed by atoms with van der Waals surface area (Å²) < 4.78 is 17.4. The molecule has 13 nitrogen and oxygen atoms in total. The number of rotatable bonds is 8. The molecule has 0 aliphatic carbocycles. The second kappa shape index (κ2) is 31.1. The number of nitrogens with zero attached hydrogens (tertiary/aromatic N) is 13. The number of aryl methyl sites for hydroxylation is 10. The fourth-order valence-corrected chi connectivity index (χ4v) is 15.1. The lowest BCUT2D eigenvalue weighted by Gasteiger charge is -2.22. The molecule has 0 fully saturated rings. The topological polar surface area (TPSA) is 87.0 Å². The third-order valence-corrected chi connectivity index (χ3v) is 20.8. The molecule has 0 amide bonds. The van der Waals surface area contributed by atoms with Crippen molar-refractivity contribution in [3.63, 3.8) is 0 Å². The lowest BCUT2D eigenvalue weighted by molar-refractivity contribution is -0.663. The number of para-hydroxylation sites is 3. The largest absolute Gasteiger partial charge is 0.287 e. The van der Waals surface area contributed by atoms with E-state index in [2.05, 4.69) is 344 Å². The first-order valence-corrected chi connectivity index (χ1v) is 36.7. The van der Waals surface area contributed by atoms with Gasteiger partial charge in [0.25, 0.3) is 25.3 Å². The molecule has 16 aromatic rings. The van der Waals surface area contributed by atoms with E-state index in [9.17, 15) is 0 Å². The van der Waals surface area contributed by atoms with E-state index in [0.717, 1.165) is 50.1 Å². The molecule has 8 aromatic heterocycles. The van der Waals surface area contributed by atoms with Gasteiger partial charge in [-0.05, 0) is 145 Å². The molecule has 0 unspecified atom stereocenters. The van der Waals surface area contributed by atoms with Crippen molar-refractivity contribution in [3.8, 4) is 67.8 Å². The number of pyridine rings is 4.